The second kappa shape index (κ2) is 11.6. The molecule has 10 rings (SSSR count). The molecule has 238 valence electrons. The van der Waals surface area contributed by atoms with E-state index in [1.807, 2.05) is 97.1 Å². The zero-order valence-corrected chi connectivity index (χ0v) is 26.8. The molecule has 50 heavy (non-hydrogen) atoms. The highest BCUT2D eigenvalue weighted by Crippen LogP contribution is 2.48. The molecule has 3 aliphatic heterocycles. The number of hydrogen-bond acceptors (Lipinski definition) is 7. The molecule has 1 aliphatic carbocycles. The third-order valence-corrected chi connectivity index (χ3v) is 9.67. The molecule has 7 heteroatoms. The van der Waals surface area contributed by atoms with Gasteiger partial charge in [0.05, 0.1) is 5.71 Å². The van der Waals surface area contributed by atoms with Crippen LogP contribution in [0.1, 0.15) is 28.7 Å². The molecule has 0 amide bonds. The van der Waals surface area contributed by atoms with Crippen LogP contribution in [0.25, 0.3) is 34.2 Å². The van der Waals surface area contributed by atoms with Crippen molar-refractivity contribution in [3.05, 3.63) is 174 Å². The van der Waals surface area contributed by atoms with E-state index >= 15 is 0 Å². The van der Waals surface area contributed by atoms with E-state index in [1.165, 1.54) is 0 Å². The van der Waals surface area contributed by atoms with Crippen LogP contribution in [0.15, 0.2) is 167 Å². The van der Waals surface area contributed by atoms with Gasteiger partial charge >= 0.3 is 0 Å². The molecular formula is C43H29N5O2. The maximum Gasteiger partial charge on any atom is 0.168 e. The van der Waals surface area contributed by atoms with Gasteiger partial charge in [0.25, 0.3) is 0 Å². The topological polar surface area (TPSA) is 81.9 Å². The Balaban J connectivity index is 1.03. The number of aromatic nitrogens is 3. The van der Waals surface area contributed by atoms with Crippen LogP contribution in [0.5, 0.6) is 11.5 Å². The molecule has 4 atom stereocenters. The summed E-state index contributed by atoms with van der Waals surface area (Å²) < 4.78 is 13.4. The van der Waals surface area contributed by atoms with E-state index in [0.29, 0.717) is 23.3 Å². The zero-order valence-electron chi connectivity index (χ0n) is 26.8. The summed E-state index contributed by atoms with van der Waals surface area (Å²) in [5, 5.41) is 0. The van der Waals surface area contributed by atoms with Crippen molar-refractivity contribution in [1.82, 2.24) is 15.0 Å². The van der Waals surface area contributed by atoms with E-state index in [1.54, 1.807) is 0 Å². The van der Waals surface area contributed by atoms with E-state index < -0.39 is 0 Å². The van der Waals surface area contributed by atoms with Crippen LogP contribution in [0.2, 0.25) is 0 Å². The van der Waals surface area contributed by atoms with Gasteiger partial charge in [0.15, 0.2) is 29.4 Å². The van der Waals surface area contributed by atoms with Gasteiger partial charge < -0.3 is 9.47 Å². The van der Waals surface area contributed by atoms with E-state index in [4.69, 9.17) is 34.4 Å². The van der Waals surface area contributed by atoms with Gasteiger partial charge in [-0.05, 0) is 12.1 Å². The second-order valence-electron chi connectivity index (χ2n) is 12.7. The van der Waals surface area contributed by atoms with Crippen molar-refractivity contribution < 1.29 is 9.47 Å². The normalized spacial score (nSPS) is 21.0. The molecule has 4 unspecified atom stereocenters. The largest absolute Gasteiger partial charge is 0.484 e. The van der Waals surface area contributed by atoms with Crippen molar-refractivity contribution >= 4 is 11.5 Å². The van der Waals surface area contributed by atoms with Crippen LogP contribution in [0.4, 0.5) is 0 Å². The average Bonchev–Trinajstić information content (AvgIpc) is 3.77. The number of para-hydroxylation sites is 1. The standard InChI is InChI=1S/C43H29N5O2/c1-4-13-26(14-5-1)40-44-36-32-19-10-11-22-34(32)49-39(36)37(45-40)33-21-12-20-31-30-24-23-29(25-35(30)50-38(31)33)43-47-41(27-15-6-2-7-16-27)46-42(48-43)28-17-8-3-9-18-28/h1-25,31,36,38-39H. The third-order valence-electron chi connectivity index (χ3n) is 9.67. The summed E-state index contributed by atoms with van der Waals surface area (Å²) in [5.41, 5.74) is 7.72. The van der Waals surface area contributed by atoms with Gasteiger partial charge in [-0.15, -0.1) is 0 Å². The van der Waals surface area contributed by atoms with Gasteiger partial charge in [0.1, 0.15) is 23.6 Å². The molecule has 5 aromatic carbocycles. The molecule has 6 aromatic rings. The molecule has 4 aliphatic rings. The lowest BCUT2D eigenvalue weighted by Crippen LogP contribution is -2.39. The fourth-order valence-corrected chi connectivity index (χ4v) is 7.26. The van der Waals surface area contributed by atoms with Gasteiger partial charge in [-0.1, -0.05) is 140 Å². The number of amidine groups is 1. The van der Waals surface area contributed by atoms with E-state index in [9.17, 15) is 0 Å². The minimum absolute atomic E-state index is 0.0149. The van der Waals surface area contributed by atoms with Crippen molar-refractivity contribution in [2.24, 2.45) is 9.98 Å². The third kappa shape index (κ3) is 4.77. The minimum atomic E-state index is -0.348. The summed E-state index contributed by atoms with van der Waals surface area (Å²) >= 11 is 0. The number of benzene rings is 5. The summed E-state index contributed by atoms with van der Waals surface area (Å²) in [7, 11) is 0. The molecule has 0 spiro atoms. The summed E-state index contributed by atoms with van der Waals surface area (Å²) in [6.07, 6.45) is 5.82. The Hall–Kier alpha value is -6.47. The van der Waals surface area contributed by atoms with Gasteiger partial charge in [-0.25, -0.2) is 19.9 Å². The van der Waals surface area contributed by atoms with Crippen molar-refractivity contribution in [3.63, 3.8) is 0 Å². The number of fused-ring (bicyclic) bond motifs is 6. The second-order valence-corrected chi connectivity index (χ2v) is 12.7. The lowest BCUT2D eigenvalue weighted by Gasteiger charge is -2.30. The lowest BCUT2D eigenvalue weighted by atomic mass is 9.82. The number of hydrogen-bond donors (Lipinski definition) is 0. The smallest absolute Gasteiger partial charge is 0.168 e. The summed E-state index contributed by atoms with van der Waals surface area (Å²) in [6, 6.07) is 44.4. The maximum atomic E-state index is 6.87. The molecule has 0 fully saturated rings. The Morgan fingerprint density at radius 1 is 0.500 bits per heavy atom. The van der Waals surface area contributed by atoms with Crippen LogP contribution in [0.3, 0.4) is 0 Å². The molecule has 0 radical (unpaired) electrons. The number of rotatable bonds is 5. The van der Waals surface area contributed by atoms with Crippen LogP contribution < -0.4 is 9.47 Å². The Bertz CT molecular complexity index is 2350. The fourth-order valence-electron chi connectivity index (χ4n) is 7.26. The molecule has 0 saturated heterocycles. The quantitative estimate of drug-likeness (QED) is 0.187. The number of aliphatic imine (C=N–C) groups is 2. The Morgan fingerprint density at radius 3 is 1.80 bits per heavy atom. The van der Waals surface area contributed by atoms with E-state index in [-0.39, 0.29) is 24.2 Å². The first-order valence-electron chi connectivity index (χ1n) is 16.8. The molecule has 7 nitrogen and oxygen atoms in total. The highest BCUT2D eigenvalue weighted by atomic mass is 16.5. The summed E-state index contributed by atoms with van der Waals surface area (Å²) in [4.78, 5) is 25.1. The molecule has 4 heterocycles. The van der Waals surface area contributed by atoms with Crippen molar-refractivity contribution in [2.75, 3.05) is 0 Å². The SMILES string of the molecule is C1=CC2c3ccc(-c4nc(-c5ccccc5)nc(-c5ccccc5)n4)cc3OC2C(C2=NC(c3ccccc3)=NC3c4ccccc4OC23)=C1. The highest BCUT2D eigenvalue weighted by molar-refractivity contribution is 6.17. The average molecular weight is 648 g/mol. The van der Waals surface area contributed by atoms with E-state index in [0.717, 1.165) is 56.2 Å². The van der Waals surface area contributed by atoms with Crippen LogP contribution in [-0.4, -0.2) is 38.7 Å². The summed E-state index contributed by atoms with van der Waals surface area (Å²) in [6.45, 7) is 0. The Kier molecular flexibility index (Phi) is 6.62. The lowest BCUT2D eigenvalue weighted by molar-refractivity contribution is 0.249. The van der Waals surface area contributed by atoms with Gasteiger partial charge in [-0.2, -0.15) is 0 Å². The van der Waals surface area contributed by atoms with Crippen molar-refractivity contribution in [1.29, 1.82) is 0 Å². The molecule has 0 bridgehead atoms. The van der Waals surface area contributed by atoms with Gasteiger partial charge in [-0.3, -0.25) is 4.99 Å². The van der Waals surface area contributed by atoms with Crippen LogP contribution >= 0.6 is 0 Å². The van der Waals surface area contributed by atoms with Crippen LogP contribution in [0, 0.1) is 0 Å². The number of ether oxygens (including phenoxy) is 2. The fraction of sp³-hybridized carbons (Fsp3) is 0.0930. The Labute approximate surface area is 289 Å². The first-order valence-corrected chi connectivity index (χ1v) is 16.8. The molecule has 1 aromatic heterocycles. The maximum absolute atomic E-state index is 6.87. The first kappa shape index (κ1) is 28.5. The number of allylic oxidation sites excluding steroid dienone is 2. The van der Waals surface area contributed by atoms with Gasteiger partial charge in [0.2, 0.25) is 0 Å². The van der Waals surface area contributed by atoms with Gasteiger partial charge in [0, 0.05) is 44.9 Å². The minimum Gasteiger partial charge on any atom is -0.484 e. The highest BCUT2D eigenvalue weighted by Gasteiger charge is 2.46. The zero-order chi connectivity index (χ0) is 33.0. The van der Waals surface area contributed by atoms with Crippen molar-refractivity contribution in [2.45, 2.75) is 24.2 Å². The Morgan fingerprint density at radius 2 is 1.10 bits per heavy atom. The summed E-state index contributed by atoms with van der Waals surface area (Å²) in [5.74, 6) is 4.20. The predicted octanol–water partition coefficient (Wildman–Crippen LogP) is 8.62. The van der Waals surface area contributed by atoms with Crippen molar-refractivity contribution in [3.8, 4) is 45.7 Å². The molecular weight excluding hydrogens is 619 g/mol. The van der Waals surface area contributed by atoms with E-state index in [2.05, 4.69) is 54.6 Å². The monoisotopic (exact) mass is 647 g/mol. The predicted molar refractivity (Wildman–Crippen MR) is 195 cm³/mol. The molecule has 0 saturated carbocycles. The van der Waals surface area contributed by atoms with Crippen LogP contribution in [-0.2, 0) is 0 Å². The first-order chi connectivity index (χ1) is 24.8. The molecule has 0 N–H and O–H groups in total. The number of nitrogens with zero attached hydrogens (tertiary/aromatic N) is 5.